The summed E-state index contributed by atoms with van der Waals surface area (Å²) < 4.78 is 0. The van der Waals surface area contributed by atoms with Gasteiger partial charge in [-0.05, 0) is 123 Å². The van der Waals surface area contributed by atoms with Crippen LogP contribution in [-0.2, 0) is 0 Å². The molecule has 0 nitrogen and oxygen atoms in total. The second-order valence-corrected chi connectivity index (χ2v) is 13.3. The van der Waals surface area contributed by atoms with Crippen molar-refractivity contribution in [3.05, 3.63) is 194 Å². The Balaban J connectivity index is 0.957. The van der Waals surface area contributed by atoms with Crippen LogP contribution < -0.4 is 0 Å². The van der Waals surface area contributed by atoms with Gasteiger partial charge >= 0.3 is 0 Å². The molecule has 0 aliphatic heterocycles. The Bertz CT molecular complexity index is 2890. The maximum absolute atomic E-state index is 2.34. The van der Waals surface area contributed by atoms with Crippen molar-refractivity contribution >= 4 is 53.9 Å². The SMILES string of the molecule is c1ccc(-c2ccc3c(ccc4cc(-c5ccc6c(ccc7cc(-c8ccc(-c9cccc%10ccccc9%10)cc8)ccc76)c5)ccc43)c2)cc1. The lowest BCUT2D eigenvalue weighted by Gasteiger charge is -2.11. The molecule has 0 bridgehead atoms. The fourth-order valence-electron chi connectivity index (χ4n) is 7.81. The molecule has 0 aliphatic carbocycles. The van der Waals surface area contributed by atoms with E-state index in [1.165, 1.54) is 98.4 Å². The van der Waals surface area contributed by atoms with E-state index in [1.807, 2.05) is 0 Å². The van der Waals surface area contributed by atoms with Gasteiger partial charge in [0, 0.05) is 0 Å². The van der Waals surface area contributed by atoms with Crippen LogP contribution in [0.2, 0.25) is 0 Å². The van der Waals surface area contributed by atoms with Crippen LogP contribution in [0.5, 0.6) is 0 Å². The molecule has 0 heteroatoms. The number of hydrogen-bond acceptors (Lipinski definition) is 0. The molecule has 232 valence electrons. The predicted octanol–water partition coefficient (Wildman–Crippen LogP) is 14.1. The van der Waals surface area contributed by atoms with Crippen LogP contribution in [0, 0.1) is 0 Å². The summed E-state index contributed by atoms with van der Waals surface area (Å²) in [5, 5.41) is 12.8. The highest BCUT2D eigenvalue weighted by atomic mass is 14.1. The van der Waals surface area contributed by atoms with Crippen molar-refractivity contribution in [1.29, 1.82) is 0 Å². The van der Waals surface area contributed by atoms with Gasteiger partial charge in [-0.2, -0.15) is 0 Å². The second-order valence-electron chi connectivity index (χ2n) is 13.3. The molecular formula is C50H32. The van der Waals surface area contributed by atoms with Crippen LogP contribution in [0.25, 0.3) is 98.4 Å². The van der Waals surface area contributed by atoms with Crippen molar-refractivity contribution < 1.29 is 0 Å². The van der Waals surface area contributed by atoms with Gasteiger partial charge in [0.25, 0.3) is 0 Å². The molecule has 0 spiro atoms. The predicted molar refractivity (Wildman–Crippen MR) is 216 cm³/mol. The normalized spacial score (nSPS) is 11.6. The zero-order valence-electron chi connectivity index (χ0n) is 27.5. The molecule has 50 heavy (non-hydrogen) atoms. The van der Waals surface area contributed by atoms with E-state index < -0.39 is 0 Å². The molecule has 0 aromatic heterocycles. The lowest BCUT2D eigenvalue weighted by Crippen LogP contribution is -1.85. The molecule has 0 amide bonds. The van der Waals surface area contributed by atoms with Gasteiger partial charge < -0.3 is 0 Å². The van der Waals surface area contributed by atoms with Crippen molar-refractivity contribution in [2.45, 2.75) is 0 Å². The lowest BCUT2D eigenvalue weighted by atomic mass is 9.93. The van der Waals surface area contributed by atoms with Gasteiger partial charge in [0.05, 0.1) is 0 Å². The van der Waals surface area contributed by atoms with Crippen LogP contribution in [-0.4, -0.2) is 0 Å². The van der Waals surface area contributed by atoms with E-state index in [-0.39, 0.29) is 0 Å². The van der Waals surface area contributed by atoms with Crippen molar-refractivity contribution in [3.8, 4) is 44.5 Å². The Morgan fingerprint density at radius 2 is 0.560 bits per heavy atom. The average Bonchev–Trinajstić information content (AvgIpc) is 3.20. The minimum Gasteiger partial charge on any atom is -0.0622 e. The molecule has 0 fully saturated rings. The molecule has 0 saturated carbocycles. The van der Waals surface area contributed by atoms with E-state index in [0.717, 1.165) is 0 Å². The fourth-order valence-corrected chi connectivity index (χ4v) is 7.81. The topological polar surface area (TPSA) is 0 Å². The molecular weight excluding hydrogens is 601 g/mol. The quantitative estimate of drug-likeness (QED) is 0.169. The van der Waals surface area contributed by atoms with Gasteiger partial charge in [-0.15, -0.1) is 0 Å². The molecule has 0 unspecified atom stereocenters. The van der Waals surface area contributed by atoms with Crippen LogP contribution >= 0.6 is 0 Å². The first kappa shape index (κ1) is 28.5. The Kier molecular flexibility index (Phi) is 6.60. The minimum atomic E-state index is 1.23. The standard InChI is InChI=1S/C50H32/c1-2-7-33(8-3-1)37-21-25-47-41(29-37)17-19-43-31-39(23-27-49(43)47)40-24-28-50-44(32-40)20-18-42-30-38(22-26-48(42)50)34-13-15-36(16-14-34)46-12-6-10-35-9-4-5-11-45(35)46/h1-32H. The highest BCUT2D eigenvalue weighted by molar-refractivity contribution is 6.11. The molecule has 10 aromatic rings. The number of fused-ring (bicyclic) bond motifs is 7. The Hall–Kier alpha value is -6.50. The van der Waals surface area contributed by atoms with E-state index in [0.29, 0.717) is 0 Å². The first-order valence-electron chi connectivity index (χ1n) is 17.3. The summed E-state index contributed by atoms with van der Waals surface area (Å²) in [7, 11) is 0. The third-order valence-corrected chi connectivity index (χ3v) is 10.4. The van der Waals surface area contributed by atoms with E-state index in [4.69, 9.17) is 0 Å². The third-order valence-electron chi connectivity index (χ3n) is 10.4. The molecule has 0 aliphatic rings. The first-order chi connectivity index (χ1) is 24.7. The summed E-state index contributed by atoms with van der Waals surface area (Å²) in [6.07, 6.45) is 0. The first-order valence-corrected chi connectivity index (χ1v) is 17.3. The zero-order valence-corrected chi connectivity index (χ0v) is 27.5. The smallest absolute Gasteiger partial charge is 0.0105 e. The molecule has 0 heterocycles. The third kappa shape index (κ3) is 4.85. The van der Waals surface area contributed by atoms with E-state index >= 15 is 0 Å². The molecule has 0 saturated heterocycles. The molecule has 10 rings (SSSR count). The van der Waals surface area contributed by atoms with Gasteiger partial charge in [0.2, 0.25) is 0 Å². The zero-order chi connectivity index (χ0) is 33.0. The van der Waals surface area contributed by atoms with Gasteiger partial charge in [0.15, 0.2) is 0 Å². The Labute approximate surface area is 291 Å². The molecule has 10 aromatic carbocycles. The number of rotatable bonds is 4. The van der Waals surface area contributed by atoms with Gasteiger partial charge in [-0.25, -0.2) is 0 Å². The monoisotopic (exact) mass is 632 g/mol. The average molecular weight is 633 g/mol. The Morgan fingerprint density at radius 1 is 0.180 bits per heavy atom. The molecule has 0 atom stereocenters. The summed E-state index contributed by atoms with van der Waals surface area (Å²) >= 11 is 0. The van der Waals surface area contributed by atoms with E-state index in [1.54, 1.807) is 0 Å². The van der Waals surface area contributed by atoms with E-state index in [9.17, 15) is 0 Å². The fraction of sp³-hybridized carbons (Fsp3) is 0. The lowest BCUT2D eigenvalue weighted by molar-refractivity contribution is 1.62. The van der Waals surface area contributed by atoms with Crippen molar-refractivity contribution in [2.24, 2.45) is 0 Å². The van der Waals surface area contributed by atoms with Crippen molar-refractivity contribution in [2.75, 3.05) is 0 Å². The summed E-state index contributed by atoms with van der Waals surface area (Å²) in [4.78, 5) is 0. The summed E-state index contributed by atoms with van der Waals surface area (Å²) in [6.45, 7) is 0. The summed E-state index contributed by atoms with van der Waals surface area (Å²) in [5.74, 6) is 0. The van der Waals surface area contributed by atoms with Gasteiger partial charge in [-0.1, -0.05) is 170 Å². The Morgan fingerprint density at radius 3 is 1.08 bits per heavy atom. The van der Waals surface area contributed by atoms with Crippen LogP contribution in [0.1, 0.15) is 0 Å². The van der Waals surface area contributed by atoms with Gasteiger partial charge in [-0.3, -0.25) is 0 Å². The minimum absolute atomic E-state index is 1.23. The largest absolute Gasteiger partial charge is 0.0622 e. The van der Waals surface area contributed by atoms with Crippen molar-refractivity contribution in [3.63, 3.8) is 0 Å². The summed E-state index contributed by atoms with van der Waals surface area (Å²) in [5.41, 5.74) is 9.95. The maximum atomic E-state index is 2.34. The van der Waals surface area contributed by atoms with Crippen LogP contribution in [0.15, 0.2) is 194 Å². The highest BCUT2D eigenvalue weighted by Gasteiger charge is 2.10. The second kappa shape index (κ2) is 11.6. The maximum Gasteiger partial charge on any atom is -0.0105 e. The van der Waals surface area contributed by atoms with Crippen LogP contribution in [0.3, 0.4) is 0 Å². The van der Waals surface area contributed by atoms with Crippen molar-refractivity contribution in [1.82, 2.24) is 0 Å². The summed E-state index contributed by atoms with van der Waals surface area (Å²) in [6, 6.07) is 71.3. The highest BCUT2D eigenvalue weighted by Crippen LogP contribution is 2.36. The van der Waals surface area contributed by atoms with E-state index in [2.05, 4.69) is 194 Å². The van der Waals surface area contributed by atoms with Crippen LogP contribution in [0.4, 0.5) is 0 Å². The molecule has 0 N–H and O–H groups in total. The molecule has 0 radical (unpaired) electrons. The number of hydrogen-bond donors (Lipinski definition) is 0. The van der Waals surface area contributed by atoms with Gasteiger partial charge in [0.1, 0.15) is 0 Å². The number of benzene rings is 10.